The Labute approximate surface area is 247 Å². The Hall–Kier alpha value is -4.52. The number of benzene rings is 4. The van der Waals surface area contributed by atoms with Crippen LogP contribution >= 0.6 is 0 Å². The highest BCUT2D eigenvalue weighted by atomic mass is 16.5. The molecule has 0 spiro atoms. The van der Waals surface area contributed by atoms with Gasteiger partial charge in [-0.25, -0.2) is 0 Å². The topological polar surface area (TPSA) is 65.1 Å². The molecule has 6 rings (SSSR count). The zero-order valence-electron chi connectivity index (χ0n) is 24.4. The van der Waals surface area contributed by atoms with Crippen LogP contribution in [0, 0.1) is 5.92 Å². The monoisotopic (exact) mass is 562 g/mol. The van der Waals surface area contributed by atoms with Crippen LogP contribution in [0.4, 0.5) is 17.1 Å². The summed E-state index contributed by atoms with van der Waals surface area (Å²) in [5.74, 6) is 1.34. The Morgan fingerprint density at radius 1 is 0.738 bits per heavy atom. The van der Waals surface area contributed by atoms with Crippen LogP contribution in [-0.2, 0) is 0 Å². The molecule has 2 amide bonds. The number of nitrogens with one attached hydrogen (secondary N) is 1. The smallest absolute Gasteiger partial charge is 0.256 e. The molecule has 0 saturated carbocycles. The van der Waals surface area contributed by atoms with Crippen LogP contribution in [0.3, 0.4) is 0 Å². The van der Waals surface area contributed by atoms with E-state index in [2.05, 4.69) is 28.1 Å². The van der Waals surface area contributed by atoms with Crippen LogP contribution in [0.2, 0.25) is 0 Å². The van der Waals surface area contributed by atoms with E-state index in [1.54, 1.807) is 7.11 Å². The van der Waals surface area contributed by atoms with Gasteiger partial charge in [0.05, 0.1) is 18.4 Å². The first kappa shape index (κ1) is 27.6. The molecule has 2 fully saturated rings. The Morgan fingerprint density at radius 2 is 1.40 bits per heavy atom. The number of hydrogen-bond acceptors (Lipinski definition) is 5. The maximum Gasteiger partial charge on any atom is 0.256 e. The van der Waals surface area contributed by atoms with Crippen molar-refractivity contribution in [1.29, 1.82) is 0 Å². The molecule has 4 aromatic carbocycles. The molecule has 1 N–H and O–H groups in total. The summed E-state index contributed by atoms with van der Waals surface area (Å²) in [5.41, 5.74) is 3.86. The van der Waals surface area contributed by atoms with E-state index in [1.807, 2.05) is 83.8 Å². The Kier molecular flexibility index (Phi) is 8.00. The van der Waals surface area contributed by atoms with Crippen LogP contribution in [0.25, 0.3) is 10.8 Å². The van der Waals surface area contributed by atoms with Gasteiger partial charge in [-0.05, 0) is 72.0 Å². The lowest BCUT2D eigenvalue weighted by molar-refractivity contribution is 0.0697. The highest BCUT2D eigenvalue weighted by Crippen LogP contribution is 2.32. The fourth-order valence-corrected chi connectivity index (χ4v) is 6.06. The van der Waals surface area contributed by atoms with Gasteiger partial charge in [0.2, 0.25) is 0 Å². The van der Waals surface area contributed by atoms with Crippen LogP contribution in [0.5, 0.6) is 5.75 Å². The largest absolute Gasteiger partial charge is 0.495 e. The lowest BCUT2D eigenvalue weighted by Gasteiger charge is -2.39. The Morgan fingerprint density at radius 3 is 2.14 bits per heavy atom. The zero-order valence-corrected chi connectivity index (χ0v) is 24.4. The summed E-state index contributed by atoms with van der Waals surface area (Å²) in [6.45, 7) is 6.95. The van der Waals surface area contributed by atoms with Gasteiger partial charge in [0.25, 0.3) is 11.8 Å². The maximum atomic E-state index is 14.0. The van der Waals surface area contributed by atoms with E-state index in [0.29, 0.717) is 22.7 Å². The average molecular weight is 563 g/mol. The lowest BCUT2D eigenvalue weighted by atomic mass is 9.98. The van der Waals surface area contributed by atoms with Crippen molar-refractivity contribution in [3.05, 3.63) is 96.1 Å². The third-order valence-electron chi connectivity index (χ3n) is 8.61. The summed E-state index contributed by atoms with van der Waals surface area (Å²) in [6, 6.07) is 27.6. The number of carbonyl (C=O) groups is 2. The van der Waals surface area contributed by atoms with E-state index in [4.69, 9.17) is 4.74 Å². The zero-order chi connectivity index (χ0) is 29.1. The number of piperazine rings is 1. The highest BCUT2D eigenvalue weighted by Gasteiger charge is 2.28. The van der Waals surface area contributed by atoms with Gasteiger partial charge in [0.1, 0.15) is 5.75 Å². The number of nitrogens with zero attached hydrogens (tertiary/aromatic N) is 3. The number of hydrogen-bond donors (Lipinski definition) is 1. The van der Waals surface area contributed by atoms with E-state index >= 15 is 0 Å². The van der Waals surface area contributed by atoms with E-state index in [9.17, 15) is 9.59 Å². The number of anilines is 3. The summed E-state index contributed by atoms with van der Waals surface area (Å²) in [7, 11) is 1.70. The van der Waals surface area contributed by atoms with Gasteiger partial charge in [-0.1, -0.05) is 49.4 Å². The van der Waals surface area contributed by atoms with Crippen molar-refractivity contribution >= 4 is 39.6 Å². The van der Waals surface area contributed by atoms with Gasteiger partial charge < -0.3 is 24.8 Å². The van der Waals surface area contributed by atoms with Gasteiger partial charge in [0, 0.05) is 56.2 Å². The van der Waals surface area contributed by atoms with Crippen LogP contribution < -0.4 is 19.9 Å². The van der Waals surface area contributed by atoms with Crippen LogP contribution in [0.1, 0.15) is 40.5 Å². The van der Waals surface area contributed by atoms with Gasteiger partial charge in [0.15, 0.2) is 0 Å². The number of rotatable bonds is 6. The van der Waals surface area contributed by atoms with Crippen molar-refractivity contribution in [2.75, 3.05) is 61.5 Å². The minimum atomic E-state index is -0.191. The molecule has 7 heteroatoms. The van der Waals surface area contributed by atoms with Crippen molar-refractivity contribution in [2.24, 2.45) is 5.92 Å². The molecule has 0 atom stereocenters. The average Bonchev–Trinajstić information content (AvgIpc) is 3.04. The third kappa shape index (κ3) is 5.77. The second kappa shape index (κ2) is 12.1. The van der Waals surface area contributed by atoms with Crippen molar-refractivity contribution in [2.45, 2.75) is 19.8 Å². The van der Waals surface area contributed by atoms with E-state index < -0.39 is 0 Å². The molecular formula is C35H38N4O3. The highest BCUT2D eigenvalue weighted by molar-refractivity contribution is 6.08. The Bertz CT molecular complexity index is 1590. The van der Waals surface area contributed by atoms with E-state index in [1.165, 1.54) is 0 Å². The molecule has 2 heterocycles. The first-order chi connectivity index (χ1) is 20.5. The van der Waals surface area contributed by atoms with Crippen molar-refractivity contribution < 1.29 is 14.3 Å². The molecule has 42 heavy (non-hydrogen) atoms. The predicted octanol–water partition coefficient (Wildman–Crippen LogP) is 6.30. The molecule has 7 nitrogen and oxygen atoms in total. The minimum absolute atomic E-state index is 0.0332. The quantitative estimate of drug-likeness (QED) is 0.299. The number of ether oxygens (including phenoxy) is 1. The van der Waals surface area contributed by atoms with E-state index in [-0.39, 0.29) is 11.8 Å². The molecule has 0 bridgehead atoms. The summed E-state index contributed by atoms with van der Waals surface area (Å²) in [4.78, 5) is 33.8. The number of likely N-dealkylation sites (tertiary alicyclic amines) is 1. The van der Waals surface area contributed by atoms with Gasteiger partial charge >= 0.3 is 0 Å². The molecule has 2 saturated heterocycles. The number of carbonyl (C=O) groups excluding carboxylic acids is 2. The van der Waals surface area contributed by atoms with Gasteiger partial charge in [-0.15, -0.1) is 0 Å². The second-order valence-corrected chi connectivity index (χ2v) is 11.4. The van der Waals surface area contributed by atoms with Crippen molar-refractivity contribution in [3.63, 3.8) is 0 Å². The number of amides is 2. The summed E-state index contributed by atoms with van der Waals surface area (Å²) in [6.07, 6.45) is 2.02. The normalized spacial score (nSPS) is 16.0. The van der Waals surface area contributed by atoms with Crippen LogP contribution in [0.15, 0.2) is 84.9 Å². The number of methoxy groups -OCH3 is 1. The van der Waals surface area contributed by atoms with Crippen molar-refractivity contribution in [1.82, 2.24) is 4.90 Å². The molecule has 0 radical (unpaired) electrons. The molecular weight excluding hydrogens is 524 g/mol. The number of piperidine rings is 1. The summed E-state index contributed by atoms with van der Waals surface area (Å²) >= 11 is 0. The molecule has 0 aliphatic carbocycles. The maximum absolute atomic E-state index is 14.0. The Balaban J connectivity index is 1.25. The molecule has 216 valence electrons. The standard InChI is InChI=1S/C35H38N4O3/c1-25-15-17-39(18-16-25)35(41)30-24-29(36-34(40)28-12-11-26-7-3-4-8-27(26)23-28)13-14-31(30)37-19-21-38(22-20-37)32-9-5-6-10-33(32)42-2/h3-14,23-25H,15-22H2,1-2H3,(H,36,40). The lowest BCUT2D eigenvalue weighted by Crippen LogP contribution is -2.47. The van der Waals surface area contributed by atoms with E-state index in [0.717, 1.165) is 80.0 Å². The molecule has 2 aliphatic heterocycles. The van der Waals surface area contributed by atoms with Crippen molar-refractivity contribution in [3.8, 4) is 5.75 Å². The number of fused-ring (bicyclic) bond motifs is 1. The predicted molar refractivity (Wildman–Crippen MR) is 170 cm³/mol. The molecule has 0 aromatic heterocycles. The summed E-state index contributed by atoms with van der Waals surface area (Å²) < 4.78 is 5.59. The van der Waals surface area contributed by atoms with Gasteiger partial charge in [-0.3, -0.25) is 9.59 Å². The number of para-hydroxylation sites is 2. The summed E-state index contributed by atoms with van der Waals surface area (Å²) in [5, 5.41) is 5.16. The fraction of sp³-hybridized carbons (Fsp3) is 0.314. The molecule has 4 aromatic rings. The van der Waals surface area contributed by atoms with Gasteiger partial charge in [-0.2, -0.15) is 0 Å². The first-order valence-electron chi connectivity index (χ1n) is 14.9. The molecule has 2 aliphatic rings. The second-order valence-electron chi connectivity index (χ2n) is 11.4. The minimum Gasteiger partial charge on any atom is -0.495 e. The third-order valence-corrected chi connectivity index (χ3v) is 8.61. The van der Waals surface area contributed by atoms with Crippen LogP contribution in [-0.4, -0.2) is 63.1 Å². The fourth-order valence-electron chi connectivity index (χ4n) is 6.06. The first-order valence-corrected chi connectivity index (χ1v) is 14.9. The SMILES string of the molecule is COc1ccccc1N1CCN(c2ccc(NC(=O)c3ccc4ccccc4c3)cc2C(=O)N2CCC(C)CC2)CC1. The molecule has 0 unspecified atom stereocenters.